The Hall–Kier alpha value is -1.55. The first-order valence-electron chi connectivity index (χ1n) is 13.4. The van der Waals surface area contributed by atoms with Crippen molar-refractivity contribution in [3.8, 4) is 0 Å². The molecule has 0 aromatic heterocycles. The second-order valence-corrected chi connectivity index (χ2v) is 9.92. The summed E-state index contributed by atoms with van der Waals surface area (Å²) >= 11 is 0. The molecule has 2 rings (SSSR count). The molecule has 1 aliphatic heterocycles. The van der Waals surface area contributed by atoms with Crippen molar-refractivity contribution >= 4 is 11.6 Å². The summed E-state index contributed by atoms with van der Waals surface area (Å²) < 4.78 is 0. The Kier molecular flexibility index (Phi) is 13.5. The standard InChI is InChI=1S/C28H49N3O/c1-4-5-6-7-8-9-10-11-12-13-16-26(21-24-31-22-14-15-23-31)29-28(32)25-17-19-27(20-18-25)30(2)3/h17-20,26H,4-16,21-24H2,1-3H3,(H,29,32). The molecule has 0 spiro atoms. The maximum atomic E-state index is 12.9. The monoisotopic (exact) mass is 443 g/mol. The zero-order chi connectivity index (χ0) is 23.0. The molecule has 1 amide bonds. The van der Waals surface area contributed by atoms with Crippen LogP contribution in [0.2, 0.25) is 0 Å². The third kappa shape index (κ3) is 10.8. The molecule has 0 aliphatic carbocycles. The van der Waals surface area contributed by atoms with Crippen LogP contribution in [0.1, 0.15) is 107 Å². The van der Waals surface area contributed by atoms with Crippen LogP contribution in [0.25, 0.3) is 0 Å². The molecule has 1 N–H and O–H groups in total. The smallest absolute Gasteiger partial charge is 0.251 e. The Morgan fingerprint density at radius 3 is 2.00 bits per heavy atom. The first-order valence-corrected chi connectivity index (χ1v) is 13.4. The van der Waals surface area contributed by atoms with E-state index in [2.05, 4.69) is 22.0 Å². The van der Waals surface area contributed by atoms with E-state index >= 15 is 0 Å². The number of anilines is 1. The van der Waals surface area contributed by atoms with Gasteiger partial charge >= 0.3 is 0 Å². The predicted octanol–water partition coefficient (Wildman–Crippen LogP) is 6.65. The fraction of sp³-hybridized carbons (Fsp3) is 0.750. The number of nitrogens with zero attached hydrogens (tertiary/aromatic N) is 2. The lowest BCUT2D eigenvalue weighted by Gasteiger charge is -2.22. The van der Waals surface area contributed by atoms with E-state index in [0.717, 1.165) is 30.6 Å². The minimum atomic E-state index is 0.0776. The molecule has 1 aromatic rings. The van der Waals surface area contributed by atoms with E-state index in [1.165, 1.54) is 90.1 Å². The molecule has 182 valence electrons. The van der Waals surface area contributed by atoms with Crippen molar-refractivity contribution in [1.82, 2.24) is 10.2 Å². The summed E-state index contributed by atoms with van der Waals surface area (Å²) in [5, 5.41) is 3.36. The summed E-state index contributed by atoms with van der Waals surface area (Å²) in [5.74, 6) is 0.0776. The number of benzene rings is 1. The molecule has 1 atom stereocenters. The Morgan fingerprint density at radius 2 is 1.44 bits per heavy atom. The zero-order valence-electron chi connectivity index (χ0n) is 21.2. The topological polar surface area (TPSA) is 35.6 Å². The van der Waals surface area contributed by atoms with Gasteiger partial charge in [-0.15, -0.1) is 0 Å². The van der Waals surface area contributed by atoms with E-state index < -0.39 is 0 Å². The lowest BCUT2D eigenvalue weighted by molar-refractivity contribution is 0.0929. The largest absolute Gasteiger partial charge is 0.378 e. The Bertz CT molecular complexity index is 608. The quantitative estimate of drug-likeness (QED) is 0.274. The summed E-state index contributed by atoms with van der Waals surface area (Å²) in [6.07, 6.45) is 18.4. The van der Waals surface area contributed by atoms with Crippen molar-refractivity contribution in [3.63, 3.8) is 0 Å². The second-order valence-electron chi connectivity index (χ2n) is 9.92. The molecule has 0 radical (unpaired) electrons. The van der Waals surface area contributed by atoms with Crippen molar-refractivity contribution in [2.45, 2.75) is 103 Å². The minimum Gasteiger partial charge on any atom is -0.378 e. The van der Waals surface area contributed by atoms with E-state index in [9.17, 15) is 4.79 Å². The molecule has 4 heteroatoms. The van der Waals surface area contributed by atoms with Crippen LogP contribution in [0, 0.1) is 0 Å². The number of rotatable bonds is 17. The average Bonchev–Trinajstić information content (AvgIpc) is 3.32. The van der Waals surface area contributed by atoms with E-state index in [1.807, 2.05) is 38.4 Å². The van der Waals surface area contributed by atoms with Crippen molar-refractivity contribution in [1.29, 1.82) is 0 Å². The van der Waals surface area contributed by atoms with Gasteiger partial charge in [0.05, 0.1) is 0 Å². The molecule has 1 heterocycles. The summed E-state index contributed by atoms with van der Waals surface area (Å²) in [4.78, 5) is 17.5. The fourth-order valence-corrected chi connectivity index (χ4v) is 4.69. The number of hydrogen-bond donors (Lipinski definition) is 1. The van der Waals surface area contributed by atoms with Gasteiger partial charge in [-0.25, -0.2) is 0 Å². The number of likely N-dealkylation sites (tertiary alicyclic amines) is 1. The first-order chi connectivity index (χ1) is 15.6. The van der Waals surface area contributed by atoms with Crippen molar-refractivity contribution in [2.75, 3.05) is 38.6 Å². The minimum absolute atomic E-state index is 0.0776. The number of nitrogens with one attached hydrogen (secondary N) is 1. The van der Waals surface area contributed by atoms with Crippen LogP contribution in [0.5, 0.6) is 0 Å². The van der Waals surface area contributed by atoms with E-state index in [4.69, 9.17) is 0 Å². The van der Waals surface area contributed by atoms with Crippen molar-refractivity contribution in [3.05, 3.63) is 29.8 Å². The van der Waals surface area contributed by atoms with Crippen LogP contribution in [0.3, 0.4) is 0 Å². The van der Waals surface area contributed by atoms with Gasteiger partial charge in [0.1, 0.15) is 0 Å². The van der Waals surface area contributed by atoms with Crippen LogP contribution in [0.4, 0.5) is 5.69 Å². The number of amides is 1. The molecule has 4 nitrogen and oxygen atoms in total. The van der Waals surface area contributed by atoms with Crippen LogP contribution in [0.15, 0.2) is 24.3 Å². The highest BCUT2D eigenvalue weighted by Gasteiger charge is 2.17. The van der Waals surface area contributed by atoms with Gasteiger partial charge in [0.2, 0.25) is 0 Å². The maximum Gasteiger partial charge on any atom is 0.251 e. The van der Waals surface area contributed by atoms with Gasteiger partial charge < -0.3 is 15.1 Å². The number of carbonyl (C=O) groups is 1. The highest BCUT2D eigenvalue weighted by molar-refractivity contribution is 5.94. The number of unbranched alkanes of at least 4 members (excludes halogenated alkanes) is 9. The molecule has 1 aliphatic rings. The third-order valence-corrected chi connectivity index (χ3v) is 6.88. The van der Waals surface area contributed by atoms with Crippen LogP contribution < -0.4 is 10.2 Å². The highest BCUT2D eigenvalue weighted by atomic mass is 16.1. The summed E-state index contributed by atoms with van der Waals surface area (Å²) in [6, 6.07) is 8.23. The van der Waals surface area contributed by atoms with Crippen molar-refractivity contribution < 1.29 is 4.79 Å². The maximum absolute atomic E-state index is 12.9. The van der Waals surface area contributed by atoms with Gasteiger partial charge in [0.15, 0.2) is 0 Å². The summed E-state index contributed by atoms with van der Waals surface area (Å²) in [5.41, 5.74) is 1.89. The molecule has 1 unspecified atom stereocenters. The van der Waals surface area contributed by atoms with Crippen molar-refractivity contribution in [2.24, 2.45) is 0 Å². The van der Waals surface area contributed by atoms with Gasteiger partial charge in [-0.1, -0.05) is 71.1 Å². The van der Waals surface area contributed by atoms with E-state index in [-0.39, 0.29) is 11.9 Å². The third-order valence-electron chi connectivity index (χ3n) is 6.88. The van der Waals surface area contributed by atoms with Crippen LogP contribution in [-0.2, 0) is 0 Å². The molecule has 0 bridgehead atoms. The Labute approximate surface area is 198 Å². The molecular weight excluding hydrogens is 394 g/mol. The SMILES string of the molecule is CCCCCCCCCCCCC(CCN1CCCC1)NC(=O)c1ccc(N(C)C)cc1. The summed E-state index contributed by atoms with van der Waals surface area (Å²) in [6.45, 7) is 5.85. The second kappa shape index (κ2) is 16.1. The molecule has 1 fully saturated rings. The van der Waals surface area contributed by atoms with Gasteiger partial charge in [-0.05, 0) is 63.0 Å². The van der Waals surface area contributed by atoms with E-state index in [1.54, 1.807) is 0 Å². The van der Waals surface area contributed by atoms with Gasteiger partial charge in [0, 0.05) is 37.9 Å². The average molecular weight is 444 g/mol. The van der Waals surface area contributed by atoms with Gasteiger partial charge in [-0.2, -0.15) is 0 Å². The van der Waals surface area contributed by atoms with E-state index in [0.29, 0.717) is 0 Å². The lowest BCUT2D eigenvalue weighted by atomic mass is 10.0. The Balaban J connectivity index is 1.72. The lowest BCUT2D eigenvalue weighted by Crippen LogP contribution is -2.37. The molecular formula is C28H49N3O. The molecule has 1 aromatic carbocycles. The summed E-state index contributed by atoms with van der Waals surface area (Å²) in [7, 11) is 4.05. The number of carbonyl (C=O) groups excluding carboxylic acids is 1. The first kappa shape index (κ1) is 26.7. The zero-order valence-corrected chi connectivity index (χ0v) is 21.2. The Morgan fingerprint density at radius 1 is 0.875 bits per heavy atom. The highest BCUT2D eigenvalue weighted by Crippen LogP contribution is 2.16. The molecule has 1 saturated heterocycles. The molecule has 0 saturated carbocycles. The van der Waals surface area contributed by atoms with Gasteiger partial charge in [0.25, 0.3) is 5.91 Å². The number of hydrogen-bond acceptors (Lipinski definition) is 3. The van der Waals surface area contributed by atoms with Crippen LogP contribution in [-0.4, -0.2) is 50.6 Å². The van der Waals surface area contributed by atoms with Crippen LogP contribution >= 0.6 is 0 Å². The fourth-order valence-electron chi connectivity index (χ4n) is 4.69. The van der Waals surface area contributed by atoms with Gasteiger partial charge in [-0.3, -0.25) is 4.79 Å². The normalized spacial score (nSPS) is 15.1. The predicted molar refractivity (Wildman–Crippen MR) is 139 cm³/mol. The molecule has 32 heavy (non-hydrogen) atoms.